The minimum absolute atomic E-state index is 0.154. The molecular weight excluding hydrogens is 381 g/mol. The summed E-state index contributed by atoms with van der Waals surface area (Å²) in [6, 6.07) is 1.93. The van der Waals surface area contributed by atoms with Crippen LogP contribution in [0, 0.1) is 5.92 Å². The summed E-state index contributed by atoms with van der Waals surface area (Å²) < 4.78 is 66.6. The van der Waals surface area contributed by atoms with Crippen molar-refractivity contribution in [1.82, 2.24) is 9.88 Å². The number of alkyl halides is 5. The van der Waals surface area contributed by atoms with Gasteiger partial charge in [-0.3, -0.25) is 4.79 Å². The summed E-state index contributed by atoms with van der Waals surface area (Å²) in [5.41, 5.74) is -0.810. The molecule has 0 spiro atoms. The average molecular weight is 405 g/mol. The summed E-state index contributed by atoms with van der Waals surface area (Å²) in [5.74, 6) is -3.45. The van der Waals surface area contributed by atoms with Gasteiger partial charge in [-0.05, 0) is 37.8 Å². The van der Waals surface area contributed by atoms with Crippen molar-refractivity contribution in [2.75, 3.05) is 25.0 Å². The number of pyridine rings is 1. The summed E-state index contributed by atoms with van der Waals surface area (Å²) >= 11 is 0. The Bertz CT molecular complexity index is 699. The van der Waals surface area contributed by atoms with Crippen LogP contribution in [0.4, 0.5) is 27.8 Å². The zero-order valence-electron chi connectivity index (χ0n) is 15.7. The standard InChI is InChI=1S/C19H24F5N3O/c1-26(16-15(19(22,23)24)5-2-10-25-16)14-4-3-11-27(12-14)17(28)13-6-8-18(20,21)9-7-13/h2,5,10,13-14H,3-4,6-9,11-12H2,1H3. The van der Waals surface area contributed by atoms with E-state index >= 15 is 0 Å². The number of aromatic nitrogens is 1. The van der Waals surface area contributed by atoms with Crippen LogP contribution in [0.3, 0.4) is 0 Å². The molecule has 1 aliphatic heterocycles. The first-order valence-electron chi connectivity index (χ1n) is 9.50. The molecule has 0 bridgehead atoms. The Hall–Kier alpha value is -1.93. The number of piperidine rings is 1. The summed E-state index contributed by atoms with van der Waals surface area (Å²) in [6.45, 7) is 0.778. The molecule has 0 aromatic carbocycles. The average Bonchev–Trinajstić information content (AvgIpc) is 2.66. The summed E-state index contributed by atoms with van der Waals surface area (Å²) in [7, 11) is 1.55. The highest BCUT2D eigenvalue weighted by Crippen LogP contribution is 2.38. The quantitative estimate of drug-likeness (QED) is 0.702. The van der Waals surface area contributed by atoms with Crippen molar-refractivity contribution in [2.45, 2.75) is 56.7 Å². The molecule has 4 nitrogen and oxygen atoms in total. The van der Waals surface area contributed by atoms with Gasteiger partial charge in [-0.15, -0.1) is 0 Å². The third kappa shape index (κ3) is 4.55. The maximum atomic E-state index is 13.3. The van der Waals surface area contributed by atoms with Gasteiger partial charge in [0, 0.05) is 51.1 Å². The molecule has 1 unspecified atom stereocenters. The number of anilines is 1. The van der Waals surface area contributed by atoms with Gasteiger partial charge in [0.05, 0.1) is 5.56 Å². The molecule has 0 N–H and O–H groups in total. The second-order valence-electron chi connectivity index (χ2n) is 7.69. The lowest BCUT2D eigenvalue weighted by Gasteiger charge is -2.40. The highest BCUT2D eigenvalue weighted by atomic mass is 19.4. The van der Waals surface area contributed by atoms with Crippen LogP contribution in [0.5, 0.6) is 0 Å². The van der Waals surface area contributed by atoms with E-state index in [0.29, 0.717) is 19.4 Å². The molecule has 0 radical (unpaired) electrons. The Morgan fingerprint density at radius 3 is 2.57 bits per heavy atom. The Morgan fingerprint density at radius 2 is 1.93 bits per heavy atom. The molecule has 1 amide bonds. The van der Waals surface area contributed by atoms with E-state index in [1.807, 2.05) is 0 Å². The van der Waals surface area contributed by atoms with Gasteiger partial charge in [-0.1, -0.05) is 0 Å². The van der Waals surface area contributed by atoms with E-state index < -0.39 is 23.6 Å². The Morgan fingerprint density at radius 1 is 1.25 bits per heavy atom. The van der Waals surface area contributed by atoms with Crippen LogP contribution in [0.2, 0.25) is 0 Å². The van der Waals surface area contributed by atoms with Gasteiger partial charge in [-0.25, -0.2) is 13.8 Å². The van der Waals surface area contributed by atoms with E-state index in [-0.39, 0.29) is 50.0 Å². The monoisotopic (exact) mass is 405 g/mol. The molecular formula is C19H24F5N3O. The summed E-state index contributed by atoms with van der Waals surface area (Å²) in [6.07, 6.45) is -2.19. The molecule has 1 saturated carbocycles. The first-order chi connectivity index (χ1) is 13.1. The number of carbonyl (C=O) groups is 1. The van der Waals surface area contributed by atoms with E-state index in [0.717, 1.165) is 6.07 Å². The molecule has 156 valence electrons. The number of nitrogens with zero attached hydrogens (tertiary/aromatic N) is 3. The number of rotatable bonds is 3. The normalized spacial score (nSPS) is 23.5. The highest BCUT2D eigenvalue weighted by Gasteiger charge is 2.40. The van der Waals surface area contributed by atoms with Crippen molar-refractivity contribution in [2.24, 2.45) is 5.92 Å². The lowest BCUT2D eigenvalue weighted by Crippen LogP contribution is -2.51. The first-order valence-corrected chi connectivity index (χ1v) is 9.50. The van der Waals surface area contributed by atoms with Gasteiger partial charge in [0.1, 0.15) is 5.82 Å². The van der Waals surface area contributed by atoms with Crippen molar-refractivity contribution in [3.8, 4) is 0 Å². The van der Waals surface area contributed by atoms with Crippen LogP contribution in [-0.2, 0) is 11.0 Å². The van der Waals surface area contributed by atoms with Crippen LogP contribution < -0.4 is 4.90 Å². The second-order valence-corrected chi connectivity index (χ2v) is 7.69. The summed E-state index contributed by atoms with van der Waals surface area (Å²) in [5, 5.41) is 0. The second kappa shape index (κ2) is 7.83. The largest absolute Gasteiger partial charge is 0.419 e. The fraction of sp³-hybridized carbons (Fsp3) is 0.684. The number of halogens is 5. The maximum absolute atomic E-state index is 13.3. The van der Waals surface area contributed by atoms with Gasteiger partial charge < -0.3 is 9.80 Å². The van der Waals surface area contributed by atoms with E-state index in [4.69, 9.17) is 0 Å². The topological polar surface area (TPSA) is 36.4 Å². The van der Waals surface area contributed by atoms with Crippen molar-refractivity contribution >= 4 is 11.7 Å². The van der Waals surface area contributed by atoms with Gasteiger partial charge in [-0.2, -0.15) is 13.2 Å². The molecule has 2 aliphatic rings. The number of carbonyl (C=O) groups excluding carboxylic acids is 1. The van der Waals surface area contributed by atoms with Crippen LogP contribution in [0.1, 0.15) is 44.1 Å². The fourth-order valence-corrected chi connectivity index (χ4v) is 4.09. The molecule has 28 heavy (non-hydrogen) atoms. The predicted octanol–water partition coefficient (Wildman–Crippen LogP) is 4.35. The van der Waals surface area contributed by atoms with Gasteiger partial charge in [0.2, 0.25) is 11.8 Å². The van der Waals surface area contributed by atoms with Gasteiger partial charge in [0.15, 0.2) is 0 Å². The Kier molecular flexibility index (Phi) is 5.82. The van der Waals surface area contributed by atoms with E-state index in [9.17, 15) is 26.7 Å². The lowest BCUT2D eigenvalue weighted by atomic mass is 9.85. The zero-order valence-corrected chi connectivity index (χ0v) is 15.7. The van der Waals surface area contributed by atoms with Gasteiger partial charge >= 0.3 is 6.18 Å². The van der Waals surface area contributed by atoms with Gasteiger partial charge in [0.25, 0.3) is 0 Å². The van der Waals surface area contributed by atoms with E-state index in [1.165, 1.54) is 17.2 Å². The first kappa shape index (κ1) is 20.8. The third-order valence-corrected chi connectivity index (χ3v) is 5.75. The SMILES string of the molecule is CN(c1ncccc1C(F)(F)F)C1CCCN(C(=O)C2CCC(F)(F)CC2)C1. The zero-order chi connectivity index (χ0) is 20.5. The molecule has 1 aromatic rings. The van der Waals surface area contributed by atoms with Crippen molar-refractivity contribution in [1.29, 1.82) is 0 Å². The molecule has 1 aliphatic carbocycles. The number of likely N-dealkylation sites (N-methyl/N-ethyl adjacent to an activating group) is 1. The molecule has 9 heteroatoms. The predicted molar refractivity (Wildman–Crippen MR) is 94.1 cm³/mol. The molecule has 1 aromatic heterocycles. The number of hydrogen-bond acceptors (Lipinski definition) is 3. The minimum Gasteiger partial charge on any atom is -0.354 e. The van der Waals surface area contributed by atoms with Crippen molar-refractivity contribution < 1.29 is 26.7 Å². The number of hydrogen-bond donors (Lipinski definition) is 0. The lowest BCUT2D eigenvalue weighted by molar-refractivity contribution is -0.141. The summed E-state index contributed by atoms with van der Waals surface area (Å²) in [4.78, 5) is 19.8. The van der Waals surface area contributed by atoms with Crippen LogP contribution >= 0.6 is 0 Å². The smallest absolute Gasteiger partial charge is 0.354 e. The Labute approximate surface area is 160 Å². The van der Waals surface area contributed by atoms with E-state index in [2.05, 4.69) is 4.98 Å². The molecule has 2 heterocycles. The van der Waals surface area contributed by atoms with Crippen molar-refractivity contribution in [3.63, 3.8) is 0 Å². The van der Waals surface area contributed by atoms with Crippen LogP contribution in [-0.4, -0.2) is 47.9 Å². The molecule has 3 rings (SSSR count). The fourth-order valence-electron chi connectivity index (χ4n) is 4.09. The molecule has 2 fully saturated rings. The maximum Gasteiger partial charge on any atom is 0.419 e. The Balaban J connectivity index is 1.69. The number of likely N-dealkylation sites (tertiary alicyclic amines) is 1. The van der Waals surface area contributed by atoms with E-state index in [1.54, 1.807) is 11.9 Å². The van der Waals surface area contributed by atoms with Crippen LogP contribution in [0.25, 0.3) is 0 Å². The van der Waals surface area contributed by atoms with Crippen LogP contribution in [0.15, 0.2) is 18.3 Å². The number of amides is 1. The molecule has 1 saturated heterocycles. The minimum atomic E-state index is -4.52. The third-order valence-electron chi connectivity index (χ3n) is 5.75. The van der Waals surface area contributed by atoms with Crippen molar-refractivity contribution in [3.05, 3.63) is 23.9 Å². The highest BCUT2D eigenvalue weighted by molar-refractivity contribution is 5.79. The molecule has 1 atom stereocenters.